The number of benzene rings is 1. The Morgan fingerprint density at radius 3 is 2.59 bits per heavy atom. The molecule has 0 bridgehead atoms. The van der Waals surface area contributed by atoms with Gasteiger partial charge in [-0.2, -0.15) is 0 Å². The van der Waals surface area contributed by atoms with Gasteiger partial charge in [0.1, 0.15) is 11.0 Å². The quantitative estimate of drug-likeness (QED) is 0.634. The number of aromatic nitrogens is 3. The van der Waals surface area contributed by atoms with Crippen molar-refractivity contribution in [1.29, 1.82) is 0 Å². The molecule has 142 valence electrons. The van der Waals surface area contributed by atoms with Gasteiger partial charge in [0.15, 0.2) is 5.78 Å². The number of nitrogens with zero attached hydrogens (tertiary/aromatic N) is 3. The van der Waals surface area contributed by atoms with Crippen LogP contribution in [0.4, 0.5) is 5.13 Å². The van der Waals surface area contributed by atoms with Gasteiger partial charge < -0.3 is 15.6 Å². The minimum Gasteiger partial charge on any atom is -0.374 e. The highest BCUT2D eigenvalue weighted by atomic mass is 32.1. The van der Waals surface area contributed by atoms with Crippen molar-refractivity contribution in [2.24, 2.45) is 0 Å². The molecule has 1 amide bonds. The average Bonchev–Trinajstić information content (AvgIpc) is 3.20. The Balaban J connectivity index is 1.96. The Hall–Kier alpha value is -2.74. The standard InChI is InChI=1S/C19H23N5O2S/c1-5-14(16(26)21-19(3,4)17-22-23-18(20)27-17)24-10-13(11(2)25)12-8-6-7-9-15(12)24/h6-10,14H,5H2,1-4H3,(H2,20,23)(H,21,26)/t14-/m1/s1. The summed E-state index contributed by atoms with van der Waals surface area (Å²) in [6.45, 7) is 7.22. The van der Waals surface area contributed by atoms with E-state index in [0.717, 1.165) is 10.9 Å². The molecule has 27 heavy (non-hydrogen) atoms. The van der Waals surface area contributed by atoms with Crippen LogP contribution in [0.5, 0.6) is 0 Å². The van der Waals surface area contributed by atoms with Gasteiger partial charge in [-0.3, -0.25) is 9.59 Å². The summed E-state index contributed by atoms with van der Waals surface area (Å²) in [5.41, 5.74) is 6.45. The number of carbonyl (C=O) groups excluding carboxylic acids is 2. The Kier molecular flexibility index (Phi) is 5.01. The SMILES string of the molecule is CC[C@H](C(=O)NC(C)(C)c1nnc(N)s1)n1cc(C(C)=O)c2ccccc21. The lowest BCUT2D eigenvalue weighted by atomic mass is 10.1. The summed E-state index contributed by atoms with van der Waals surface area (Å²) in [4.78, 5) is 25.1. The third kappa shape index (κ3) is 3.57. The molecule has 0 aliphatic rings. The van der Waals surface area contributed by atoms with E-state index < -0.39 is 11.6 Å². The Labute approximate surface area is 161 Å². The number of fused-ring (bicyclic) bond motifs is 1. The summed E-state index contributed by atoms with van der Waals surface area (Å²) in [5, 5.41) is 12.8. The van der Waals surface area contributed by atoms with Gasteiger partial charge in [-0.25, -0.2) is 0 Å². The van der Waals surface area contributed by atoms with Gasteiger partial charge in [0.05, 0.1) is 5.54 Å². The molecule has 0 aliphatic carbocycles. The lowest BCUT2D eigenvalue weighted by Gasteiger charge is -2.27. The molecule has 0 saturated heterocycles. The highest BCUT2D eigenvalue weighted by Gasteiger charge is 2.31. The van der Waals surface area contributed by atoms with Crippen molar-refractivity contribution in [2.75, 3.05) is 5.73 Å². The first-order valence-corrected chi connectivity index (χ1v) is 9.58. The molecule has 0 saturated carbocycles. The largest absolute Gasteiger partial charge is 0.374 e. The van der Waals surface area contributed by atoms with Crippen molar-refractivity contribution in [1.82, 2.24) is 20.1 Å². The van der Waals surface area contributed by atoms with Crippen LogP contribution in [0.25, 0.3) is 10.9 Å². The number of hydrogen-bond acceptors (Lipinski definition) is 6. The molecule has 3 rings (SSSR count). The van der Waals surface area contributed by atoms with Crippen molar-refractivity contribution in [3.8, 4) is 0 Å². The van der Waals surface area contributed by atoms with Crippen molar-refractivity contribution in [3.63, 3.8) is 0 Å². The summed E-state index contributed by atoms with van der Waals surface area (Å²) in [6, 6.07) is 7.17. The lowest BCUT2D eigenvalue weighted by Crippen LogP contribution is -2.44. The molecule has 3 N–H and O–H groups in total. The first kappa shape index (κ1) is 19.0. The van der Waals surface area contributed by atoms with Crippen LogP contribution >= 0.6 is 11.3 Å². The third-order valence-electron chi connectivity index (χ3n) is 4.56. The number of carbonyl (C=O) groups is 2. The number of nitrogens with two attached hydrogens (primary N) is 1. The molecule has 0 radical (unpaired) electrons. The second-order valence-corrected chi connectivity index (χ2v) is 8.02. The van der Waals surface area contributed by atoms with Crippen molar-refractivity contribution < 1.29 is 9.59 Å². The zero-order chi connectivity index (χ0) is 19.8. The third-order valence-corrected chi connectivity index (χ3v) is 5.63. The van der Waals surface area contributed by atoms with Crippen LogP contribution in [-0.2, 0) is 10.3 Å². The molecule has 1 atom stereocenters. The van der Waals surface area contributed by atoms with Gasteiger partial charge in [0, 0.05) is 22.7 Å². The number of Topliss-reactive ketones (excluding diaryl/α,β-unsaturated/α-hetero) is 1. The highest BCUT2D eigenvalue weighted by molar-refractivity contribution is 7.15. The summed E-state index contributed by atoms with van der Waals surface area (Å²) in [7, 11) is 0. The summed E-state index contributed by atoms with van der Waals surface area (Å²) in [6.07, 6.45) is 2.35. The van der Waals surface area contributed by atoms with Crippen molar-refractivity contribution in [3.05, 3.63) is 41.0 Å². The van der Waals surface area contributed by atoms with Gasteiger partial charge in [-0.15, -0.1) is 10.2 Å². The van der Waals surface area contributed by atoms with Gasteiger partial charge in [0.2, 0.25) is 11.0 Å². The summed E-state index contributed by atoms with van der Waals surface area (Å²) >= 11 is 1.25. The highest BCUT2D eigenvalue weighted by Crippen LogP contribution is 2.29. The molecule has 0 aliphatic heterocycles. The lowest BCUT2D eigenvalue weighted by molar-refractivity contribution is -0.126. The number of para-hydroxylation sites is 1. The van der Waals surface area contributed by atoms with E-state index in [4.69, 9.17) is 5.73 Å². The topological polar surface area (TPSA) is 103 Å². The Morgan fingerprint density at radius 2 is 2.00 bits per heavy atom. The van der Waals surface area contributed by atoms with Gasteiger partial charge in [0.25, 0.3) is 0 Å². The minimum absolute atomic E-state index is 0.0233. The van der Waals surface area contributed by atoms with Crippen molar-refractivity contribution in [2.45, 2.75) is 45.7 Å². The predicted molar refractivity (Wildman–Crippen MR) is 107 cm³/mol. The number of nitrogens with one attached hydrogen (secondary N) is 1. The fraction of sp³-hybridized carbons (Fsp3) is 0.368. The maximum atomic E-state index is 13.1. The fourth-order valence-electron chi connectivity index (χ4n) is 3.18. The molecule has 3 aromatic rings. The molecular formula is C19H23N5O2S. The molecule has 1 aromatic carbocycles. The Morgan fingerprint density at radius 1 is 1.30 bits per heavy atom. The number of nitrogen functional groups attached to an aromatic ring is 1. The Bertz CT molecular complexity index is 1000. The molecular weight excluding hydrogens is 362 g/mol. The molecule has 0 fully saturated rings. The molecule has 8 heteroatoms. The summed E-state index contributed by atoms with van der Waals surface area (Å²) in [5.74, 6) is -0.169. The van der Waals surface area contributed by atoms with E-state index in [2.05, 4.69) is 15.5 Å². The van der Waals surface area contributed by atoms with E-state index in [1.165, 1.54) is 18.3 Å². The van der Waals surface area contributed by atoms with E-state index in [1.54, 1.807) is 6.20 Å². The predicted octanol–water partition coefficient (Wildman–Crippen LogP) is 3.28. The molecule has 2 heterocycles. The molecule has 7 nitrogen and oxygen atoms in total. The molecule has 2 aromatic heterocycles. The van der Waals surface area contributed by atoms with Crippen LogP contribution in [0.2, 0.25) is 0 Å². The number of hydrogen-bond donors (Lipinski definition) is 2. The second-order valence-electron chi connectivity index (χ2n) is 7.01. The normalized spacial score (nSPS) is 12.9. The maximum absolute atomic E-state index is 13.1. The van der Waals surface area contributed by atoms with Crippen LogP contribution < -0.4 is 11.1 Å². The van der Waals surface area contributed by atoms with E-state index in [1.807, 2.05) is 49.6 Å². The molecule has 0 unspecified atom stereocenters. The zero-order valence-electron chi connectivity index (χ0n) is 15.8. The number of anilines is 1. The van der Waals surface area contributed by atoms with E-state index in [9.17, 15) is 9.59 Å². The average molecular weight is 385 g/mol. The second kappa shape index (κ2) is 7.11. The van der Waals surface area contributed by atoms with Gasteiger partial charge in [-0.05, 0) is 33.3 Å². The van der Waals surface area contributed by atoms with Gasteiger partial charge >= 0.3 is 0 Å². The summed E-state index contributed by atoms with van der Waals surface area (Å²) < 4.78 is 1.88. The smallest absolute Gasteiger partial charge is 0.243 e. The number of ketones is 1. The zero-order valence-corrected chi connectivity index (χ0v) is 16.6. The van der Waals surface area contributed by atoms with Crippen LogP contribution in [0.1, 0.15) is 55.5 Å². The first-order valence-electron chi connectivity index (χ1n) is 8.76. The first-order chi connectivity index (χ1) is 12.7. The number of rotatable bonds is 6. The van der Waals surface area contributed by atoms with Crippen LogP contribution in [0.15, 0.2) is 30.5 Å². The maximum Gasteiger partial charge on any atom is 0.243 e. The van der Waals surface area contributed by atoms with E-state index in [0.29, 0.717) is 22.1 Å². The van der Waals surface area contributed by atoms with Crippen LogP contribution in [0.3, 0.4) is 0 Å². The van der Waals surface area contributed by atoms with E-state index >= 15 is 0 Å². The monoisotopic (exact) mass is 385 g/mol. The fourth-order valence-corrected chi connectivity index (χ4v) is 3.85. The number of amides is 1. The van der Waals surface area contributed by atoms with E-state index in [-0.39, 0.29) is 11.7 Å². The van der Waals surface area contributed by atoms with Crippen LogP contribution in [0, 0.1) is 0 Å². The van der Waals surface area contributed by atoms with Gasteiger partial charge in [-0.1, -0.05) is 36.5 Å². The molecule has 0 spiro atoms. The van der Waals surface area contributed by atoms with Crippen molar-refractivity contribution >= 4 is 39.1 Å². The van der Waals surface area contributed by atoms with Crippen LogP contribution in [-0.4, -0.2) is 26.5 Å². The minimum atomic E-state index is -0.702.